The highest BCUT2D eigenvalue weighted by molar-refractivity contribution is 5.84. The topological polar surface area (TPSA) is 62.9 Å². The maximum Gasteiger partial charge on any atom is 0.371 e. The summed E-state index contributed by atoms with van der Waals surface area (Å²) >= 11 is 0. The van der Waals surface area contributed by atoms with Crippen molar-refractivity contribution < 1.29 is 19.1 Å². The fourth-order valence-corrected chi connectivity index (χ4v) is 1.91. The smallest absolute Gasteiger partial charge is 0.371 e. The monoisotopic (exact) mass is 267 g/mol. The summed E-state index contributed by atoms with van der Waals surface area (Å²) in [6, 6.07) is 1.60. The average Bonchev–Trinajstić information content (AvgIpc) is 3.10. The summed E-state index contributed by atoms with van der Waals surface area (Å²) in [5.41, 5.74) is 0.919. The number of aryl methyl sites for hydroxylation is 1. The molecule has 0 saturated heterocycles. The van der Waals surface area contributed by atoms with Crippen LogP contribution in [0, 0.1) is 12.8 Å². The summed E-state index contributed by atoms with van der Waals surface area (Å²) in [4.78, 5) is 12.9. The molecular weight excluding hydrogens is 246 g/mol. The van der Waals surface area contributed by atoms with Crippen molar-refractivity contribution in [2.75, 3.05) is 26.8 Å². The molecule has 0 unspecified atom stereocenters. The van der Waals surface area contributed by atoms with Gasteiger partial charge in [-0.1, -0.05) is 0 Å². The zero-order chi connectivity index (χ0) is 13.8. The Balaban J connectivity index is 1.73. The molecule has 1 fully saturated rings. The number of ether oxygens (including phenoxy) is 1. The van der Waals surface area contributed by atoms with Crippen LogP contribution in [0.4, 0.5) is 0 Å². The van der Waals surface area contributed by atoms with Gasteiger partial charge in [-0.05, 0) is 38.8 Å². The van der Waals surface area contributed by atoms with E-state index in [-0.39, 0.29) is 5.76 Å². The molecule has 5 nitrogen and oxygen atoms in total. The molecule has 5 heteroatoms. The average molecular weight is 267 g/mol. The highest BCUT2D eigenvalue weighted by atomic mass is 16.5. The molecule has 1 aromatic rings. The van der Waals surface area contributed by atoms with Crippen molar-refractivity contribution in [2.45, 2.75) is 26.3 Å². The third-order valence-electron chi connectivity index (χ3n) is 3.34. The van der Waals surface area contributed by atoms with Crippen molar-refractivity contribution in [3.05, 3.63) is 23.2 Å². The Labute approximate surface area is 113 Å². The zero-order valence-electron chi connectivity index (χ0n) is 11.5. The van der Waals surface area contributed by atoms with Crippen molar-refractivity contribution in [3.63, 3.8) is 0 Å². The van der Waals surface area contributed by atoms with Gasteiger partial charge in [0.25, 0.3) is 0 Å². The van der Waals surface area contributed by atoms with Crippen LogP contribution in [0.25, 0.3) is 0 Å². The number of hydrogen-bond donors (Lipinski definition) is 1. The Bertz CT molecular complexity index is 437. The first-order valence-corrected chi connectivity index (χ1v) is 6.65. The zero-order valence-corrected chi connectivity index (χ0v) is 11.5. The van der Waals surface area contributed by atoms with E-state index in [0.717, 1.165) is 31.2 Å². The van der Waals surface area contributed by atoms with E-state index in [1.165, 1.54) is 12.8 Å². The van der Waals surface area contributed by atoms with Crippen LogP contribution < -0.4 is 0 Å². The maximum absolute atomic E-state index is 10.8. The molecule has 0 aliphatic heterocycles. The number of furan rings is 1. The van der Waals surface area contributed by atoms with E-state index in [2.05, 4.69) is 4.90 Å². The molecule has 1 aromatic heterocycles. The van der Waals surface area contributed by atoms with Gasteiger partial charge in [0, 0.05) is 25.3 Å². The van der Waals surface area contributed by atoms with Crippen LogP contribution in [0.15, 0.2) is 10.5 Å². The molecule has 1 heterocycles. The number of carbonyl (C=O) groups is 1. The molecule has 0 aromatic carbocycles. The first kappa shape index (κ1) is 14.1. The van der Waals surface area contributed by atoms with E-state index in [1.54, 1.807) is 13.0 Å². The van der Waals surface area contributed by atoms with Crippen molar-refractivity contribution >= 4 is 5.97 Å². The van der Waals surface area contributed by atoms with Gasteiger partial charge in [0.15, 0.2) is 0 Å². The van der Waals surface area contributed by atoms with Crippen molar-refractivity contribution in [1.29, 1.82) is 0 Å². The standard InChI is InChI=1S/C14H21NO4/c1-10-12(7-13(19-10)14(16)17)8-15(2)5-6-18-9-11-3-4-11/h7,11H,3-6,8-9H2,1-2H3,(H,16,17). The number of rotatable bonds is 8. The van der Waals surface area contributed by atoms with Gasteiger partial charge in [-0.15, -0.1) is 0 Å². The van der Waals surface area contributed by atoms with E-state index in [4.69, 9.17) is 14.3 Å². The van der Waals surface area contributed by atoms with E-state index in [9.17, 15) is 4.79 Å². The minimum atomic E-state index is -1.02. The SMILES string of the molecule is Cc1oc(C(=O)O)cc1CN(C)CCOCC1CC1. The van der Waals surface area contributed by atoms with Crippen LogP contribution in [0.1, 0.15) is 34.7 Å². The number of aromatic carboxylic acids is 1. The molecule has 19 heavy (non-hydrogen) atoms. The Morgan fingerprint density at radius 2 is 2.32 bits per heavy atom. The summed E-state index contributed by atoms with van der Waals surface area (Å²) in [6.07, 6.45) is 2.62. The molecule has 1 saturated carbocycles. The van der Waals surface area contributed by atoms with Crippen LogP contribution in [-0.4, -0.2) is 42.8 Å². The Morgan fingerprint density at radius 3 is 2.89 bits per heavy atom. The largest absolute Gasteiger partial charge is 0.475 e. The van der Waals surface area contributed by atoms with Crippen LogP contribution in [0.3, 0.4) is 0 Å². The molecule has 0 atom stereocenters. The maximum atomic E-state index is 10.8. The van der Waals surface area contributed by atoms with Gasteiger partial charge in [0.1, 0.15) is 5.76 Å². The van der Waals surface area contributed by atoms with Crippen molar-refractivity contribution in [3.8, 4) is 0 Å². The van der Waals surface area contributed by atoms with Gasteiger partial charge < -0.3 is 14.3 Å². The molecule has 1 N–H and O–H groups in total. The molecule has 1 aliphatic rings. The molecule has 0 bridgehead atoms. The van der Waals surface area contributed by atoms with Gasteiger partial charge >= 0.3 is 5.97 Å². The van der Waals surface area contributed by atoms with Crippen molar-refractivity contribution in [1.82, 2.24) is 4.90 Å². The summed E-state index contributed by atoms with van der Waals surface area (Å²) in [7, 11) is 1.99. The molecular formula is C14H21NO4. The fourth-order valence-electron chi connectivity index (χ4n) is 1.91. The van der Waals surface area contributed by atoms with Crippen LogP contribution in [-0.2, 0) is 11.3 Å². The lowest BCUT2D eigenvalue weighted by atomic mass is 10.2. The Morgan fingerprint density at radius 1 is 1.58 bits per heavy atom. The number of nitrogens with zero attached hydrogens (tertiary/aromatic N) is 1. The first-order valence-electron chi connectivity index (χ1n) is 6.65. The number of carboxylic acids is 1. The molecule has 2 rings (SSSR count). The second-order valence-corrected chi connectivity index (χ2v) is 5.25. The Hall–Kier alpha value is -1.33. The molecule has 0 spiro atoms. The summed E-state index contributed by atoms with van der Waals surface area (Å²) in [6.45, 7) is 4.89. The molecule has 106 valence electrons. The number of likely N-dealkylation sites (N-methyl/N-ethyl adjacent to an activating group) is 1. The highest BCUT2D eigenvalue weighted by Gasteiger charge is 2.21. The fraction of sp³-hybridized carbons (Fsp3) is 0.643. The van der Waals surface area contributed by atoms with Crippen LogP contribution >= 0.6 is 0 Å². The van der Waals surface area contributed by atoms with Gasteiger partial charge in [0.2, 0.25) is 5.76 Å². The Kier molecular flexibility index (Phi) is 4.61. The lowest BCUT2D eigenvalue weighted by Crippen LogP contribution is -2.23. The summed E-state index contributed by atoms with van der Waals surface area (Å²) in [5, 5.41) is 8.86. The molecule has 1 aliphatic carbocycles. The van der Waals surface area contributed by atoms with Gasteiger partial charge in [-0.25, -0.2) is 4.79 Å². The van der Waals surface area contributed by atoms with E-state index in [0.29, 0.717) is 12.3 Å². The molecule has 0 amide bonds. The second-order valence-electron chi connectivity index (χ2n) is 5.25. The number of hydrogen-bond acceptors (Lipinski definition) is 4. The first-order chi connectivity index (χ1) is 9.06. The minimum absolute atomic E-state index is 0.00545. The summed E-state index contributed by atoms with van der Waals surface area (Å²) in [5.74, 6) is 0.443. The van der Waals surface area contributed by atoms with Crippen LogP contribution in [0.2, 0.25) is 0 Å². The van der Waals surface area contributed by atoms with E-state index < -0.39 is 5.97 Å². The quantitative estimate of drug-likeness (QED) is 0.731. The van der Waals surface area contributed by atoms with E-state index in [1.807, 2.05) is 7.05 Å². The third-order valence-corrected chi connectivity index (χ3v) is 3.34. The normalized spacial score (nSPS) is 15.1. The second kappa shape index (κ2) is 6.21. The number of carboxylic acid groups (broad SMARTS) is 1. The lowest BCUT2D eigenvalue weighted by Gasteiger charge is -2.15. The summed E-state index contributed by atoms with van der Waals surface area (Å²) < 4.78 is 10.8. The van der Waals surface area contributed by atoms with E-state index >= 15 is 0 Å². The highest BCUT2D eigenvalue weighted by Crippen LogP contribution is 2.28. The molecule has 0 radical (unpaired) electrons. The minimum Gasteiger partial charge on any atom is -0.475 e. The van der Waals surface area contributed by atoms with Gasteiger partial charge in [-0.3, -0.25) is 4.90 Å². The van der Waals surface area contributed by atoms with Crippen molar-refractivity contribution in [2.24, 2.45) is 5.92 Å². The van der Waals surface area contributed by atoms with Gasteiger partial charge in [0.05, 0.1) is 6.61 Å². The van der Waals surface area contributed by atoms with Crippen LogP contribution in [0.5, 0.6) is 0 Å². The van der Waals surface area contributed by atoms with Gasteiger partial charge in [-0.2, -0.15) is 0 Å². The third kappa shape index (κ3) is 4.36. The predicted molar refractivity (Wildman–Crippen MR) is 70.3 cm³/mol. The lowest BCUT2D eigenvalue weighted by molar-refractivity contribution is 0.0661. The predicted octanol–water partition coefficient (Wildman–Crippen LogP) is 2.14.